The number of benzene rings is 1. The highest BCUT2D eigenvalue weighted by Gasteiger charge is 2.17. The maximum Gasteiger partial charge on any atom is 0.127 e. The molecule has 2 aromatic heterocycles. The van der Waals surface area contributed by atoms with Crippen molar-refractivity contribution >= 4 is 17.2 Å². The van der Waals surface area contributed by atoms with Gasteiger partial charge in [-0.25, -0.2) is 0 Å². The summed E-state index contributed by atoms with van der Waals surface area (Å²) < 4.78 is 2.07. The maximum atomic E-state index is 11.5. The lowest BCUT2D eigenvalue weighted by Gasteiger charge is -2.09. The Hall–Kier alpha value is -2.42. The second kappa shape index (κ2) is 5.29. The molecule has 3 nitrogen and oxygen atoms in total. The summed E-state index contributed by atoms with van der Waals surface area (Å²) in [5.41, 5.74) is 3.32. The lowest BCUT2D eigenvalue weighted by Crippen LogP contribution is -2.04. The van der Waals surface area contributed by atoms with Gasteiger partial charge in [0.1, 0.15) is 6.29 Å². The molecule has 0 aliphatic heterocycles. The number of carbonyl (C=O) groups is 1. The minimum absolute atomic E-state index is 0.134. The Bertz CT molecular complexity index is 731. The van der Waals surface area contributed by atoms with Crippen LogP contribution in [0.15, 0.2) is 55.0 Å². The van der Waals surface area contributed by atoms with Crippen LogP contribution in [0.2, 0.25) is 0 Å². The maximum absolute atomic E-state index is 11.5. The van der Waals surface area contributed by atoms with E-state index in [2.05, 4.69) is 27.9 Å². The number of aldehydes is 1. The number of pyridine rings is 1. The molecule has 2 heterocycles. The second-order valence-electron chi connectivity index (χ2n) is 5.02. The molecular formula is C17H16N2O. The first kappa shape index (κ1) is 12.6. The van der Waals surface area contributed by atoms with E-state index in [1.54, 1.807) is 6.20 Å². The highest BCUT2D eigenvalue weighted by atomic mass is 16.1. The molecule has 0 fully saturated rings. The fourth-order valence-corrected chi connectivity index (χ4v) is 2.67. The van der Waals surface area contributed by atoms with E-state index >= 15 is 0 Å². The lowest BCUT2D eigenvalue weighted by molar-refractivity contribution is -0.109. The van der Waals surface area contributed by atoms with E-state index < -0.39 is 0 Å². The molecule has 100 valence electrons. The Morgan fingerprint density at radius 2 is 2.10 bits per heavy atom. The van der Waals surface area contributed by atoms with Crippen LogP contribution in [0.25, 0.3) is 10.9 Å². The summed E-state index contributed by atoms with van der Waals surface area (Å²) in [4.78, 5) is 15.6. The molecule has 0 N–H and O–H groups in total. The van der Waals surface area contributed by atoms with Gasteiger partial charge >= 0.3 is 0 Å². The molecule has 0 aliphatic carbocycles. The zero-order valence-electron chi connectivity index (χ0n) is 11.4. The van der Waals surface area contributed by atoms with Crippen LogP contribution in [0, 0.1) is 0 Å². The normalized spacial score (nSPS) is 12.4. The zero-order chi connectivity index (χ0) is 13.9. The van der Waals surface area contributed by atoms with Gasteiger partial charge < -0.3 is 9.36 Å². The molecule has 0 spiro atoms. The number of rotatable bonds is 4. The second-order valence-corrected chi connectivity index (χ2v) is 5.02. The SMILES string of the molecule is Cn1cc(C(C=O)Cc2cccnc2)c2ccccc21. The summed E-state index contributed by atoms with van der Waals surface area (Å²) >= 11 is 0. The quantitative estimate of drug-likeness (QED) is 0.679. The van der Waals surface area contributed by atoms with Gasteiger partial charge in [0.25, 0.3) is 0 Å². The molecule has 0 aliphatic rings. The smallest absolute Gasteiger partial charge is 0.127 e. The van der Waals surface area contributed by atoms with Gasteiger partial charge in [-0.3, -0.25) is 4.98 Å². The monoisotopic (exact) mass is 264 g/mol. The van der Waals surface area contributed by atoms with Gasteiger partial charge in [0.05, 0.1) is 0 Å². The Kier molecular flexibility index (Phi) is 3.33. The third-order valence-electron chi connectivity index (χ3n) is 3.67. The van der Waals surface area contributed by atoms with E-state index in [4.69, 9.17) is 0 Å². The van der Waals surface area contributed by atoms with Crippen molar-refractivity contribution in [1.82, 2.24) is 9.55 Å². The molecule has 0 bridgehead atoms. The van der Waals surface area contributed by atoms with Crippen LogP contribution in [0.1, 0.15) is 17.0 Å². The van der Waals surface area contributed by atoms with Gasteiger partial charge in [0.15, 0.2) is 0 Å². The van der Waals surface area contributed by atoms with Crippen LogP contribution in [-0.2, 0) is 18.3 Å². The molecule has 1 atom stereocenters. The van der Waals surface area contributed by atoms with Crippen LogP contribution in [0.5, 0.6) is 0 Å². The largest absolute Gasteiger partial charge is 0.350 e. The predicted molar refractivity (Wildman–Crippen MR) is 79.7 cm³/mol. The van der Waals surface area contributed by atoms with Crippen LogP contribution in [-0.4, -0.2) is 15.8 Å². The van der Waals surface area contributed by atoms with Gasteiger partial charge in [-0.1, -0.05) is 24.3 Å². The van der Waals surface area contributed by atoms with Crippen molar-refractivity contribution in [3.05, 3.63) is 66.1 Å². The molecule has 1 aromatic carbocycles. The molecule has 0 saturated carbocycles. The Morgan fingerprint density at radius 1 is 1.25 bits per heavy atom. The van der Waals surface area contributed by atoms with E-state index in [9.17, 15) is 4.79 Å². The number of carbonyl (C=O) groups excluding carboxylic acids is 1. The van der Waals surface area contributed by atoms with Gasteiger partial charge in [-0.15, -0.1) is 0 Å². The minimum Gasteiger partial charge on any atom is -0.350 e. The van der Waals surface area contributed by atoms with E-state index in [-0.39, 0.29) is 5.92 Å². The van der Waals surface area contributed by atoms with Gasteiger partial charge in [0, 0.05) is 42.5 Å². The van der Waals surface area contributed by atoms with Crippen molar-refractivity contribution in [3.63, 3.8) is 0 Å². The average molecular weight is 264 g/mol. The molecule has 0 radical (unpaired) electrons. The Balaban J connectivity index is 2.02. The van der Waals surface area contributed by atoms with Gasteiger partial charge in [-0.05, 0) is 29.7 Å². The first-order valence-electron chi connectivity index (χ1n) is 6.67. The van der Waals surface area contributed by atoms with Crippen molar-refractivity contribution in [3.8, 4) is 0 Å². The number of hydrogen-bond donors (Lipinski definition) is 0. The van der Waals surface area contributed by atoms with Crippen molar-refractivity contribution in [1.29, 1.82) is 0 Å². The first-order chi connectivity index (χ1) is 9.79. The molecule has 3 rings (SSSR count). The molecule has 20 heavy (non-hydrogen) atoms. The molecule has 0 amide bonds. The van der Waals surface area contributed by atoms with E-state index in [1.807, 2.05) is 37.5 Å². The number of nitrogens with zero attached hydrogens (tertiary/aromatic N) is 2. The molecule has 3 heteroatoms. The summed E-state index contributed by atoms with van der Waals surface area (Å²) in [6, 6.07) is 12.1. The zero-order valence-corrected chi connectivity index (χ0v) is 11.4. The standard InChI is InChI=1S/C17H16N2O/c1-19-11-16(15-6-2-3-7-17(15)19)14(12-20)9-13-5-4-8-18-10-13/h2-8,10-12,14H,9H2,1H3. The molecule has 0 saturated heterocycles. The summed E-state index contributed by atoms with van der Waals surface area (Å²) in [6.45, 7) is 0. The highest BCUT2D eigenvalue weighted by molar-refractivity contribution is 5.87. The van der Waals surface area contributed by atoms with Crippen molar-refractivity contribution in [2.45, 2.75) is 12.3 Å². The lowest BCUT2D eigenvalue weighted by atomic mass is 9.93. The van der Waals surface area contributed by atoms with Gasteiger partial charge in [-0.2, -0.15) is 0 Å². The van der Waals surface area contributed by atoms with Gasteiger partial charge in [0.2, 0.25) is 0 Å². The van der Waals surface area contributed by atoms with Crippen LogP contribution in [0.4, 0.5) is 0 Å². The Morgan fingerprint density at radius 3 is 2.85 bits per heavy atom. The molecular weight excluding hydrogens is 248 g/mol. The van der Waals surface area contributed by atoms with E-state index in [1.165, 1.54) is 0 Å². The van der Waals surface area contributed by atoms with E-state index in [0.29, 0.717) is 6.42 Å². The minimum atomic E-state index is -0.134. The fraction of sp³-hybridized carbons (Fsp3) is 0.176. The van der Waals surface area contributed by atoms with Crippen molar-refractivity contribution in [2.24, 2.45) is 7.05 Å². The van der Waals surface area contributed by atoms with E-state index in [0.717, 1.165) is 28.3 Å². The number of fused-ring (bicyclic) bond motifs is 1. The third-order valence-corrected chi connectivity index (χ3v) is 3.67. The average Bonchev–Trinajstić information content (AvgIpc) is 2.84. The summed E-state index contributed by atoms with van der Waals surface area (Å²) in [6.07, 6.45) is 7.35. The molecule has 3 aromatic rings. The third kappa shape index (κ3) is 2.23. The summed E-state index contributed by atoms with van der Waals surface area (Å²) in [5, 5.41) is 1.15. The number of hydrogen-bond acceptors (Lipinski definition) is 2. The molecule has 1 unspecified atom stereocenters. The van der Waals surface area contributed by atoms with Crippen LogP contribution >= 0.6 is 0 Å². The van der Waals surface area contributed by atoms with Crippen LogP contribution < -0.4 is 0 Å². The topological polar surface area (TPSA) is 34.9 Å². The predicted octanol–water partition coefficient (Wildman–Crippen LogP) is 3.10. The van der Waals surface area contributed by atoms with Crippen molar-refractivity contribution < 1.29 is 4.79 Å². The Labute approximate surface area is 117 Å². The first-order valence-corrected chi connectivity index (χ1v) is 6.67. The number of aryl methyl sites for hydroxylation is 1. The fourth-order valence-electron chi connectivity index (χ4n) is 2.67. The number of para-hydroxylation sites is 1. The summed E-state index contributed by atoms with van der Waals surface area (Å²) in [7, 11) is 2.01. The number of aromatic nitrogens is 2. The highest BCUT2D eigenvalue weighted by Crippen LogP contribution is 2.28. The summed E-state index contributed by atoms with van der Waals surface area (Å²) in [5.74, 6) is -0.134. The van der Waals surface area contributed by atoms with Crippen molar-refractivity contribution in [2.75, 3.05) is 0 Å². The van der Waals surface area contributed by atoms with Crippen LogP contribution in [0.3, 0.4) is 0 Å².